The number of carbonyl (C=O) groups is 2. The highest BCUT2D eigenvalue weighted by molar-refractivity contribution is 5.94. The van der Waals surface area contributed by atoms with Crippen molar-refractivity contribution in [2.45, 2.75) is 25.6 Å². The van der Waals surface area contributed by atoms with Gasteiger partial charge < -0.3 is 15.2 Å². The highest BCUT2D eigenvalue weighted by Gasteiger charge is 2.31. The van der Waals surface area contributed by atoms with Crippen LogP contribution < -0.4 is 10.1 Å². The van der Waals surface area contributed by atoms with E-state index < -0.39 is 12.3 Å². The van der Waals surface area contributed by atoms with Crippen LogP contribution in [-0.2, 0) is 4.79 Å². The van der Waals surface area contributed by atoms with Crippen LogP contribution in [0.15, 0.2) is 91.0 Å². The number of carboxylic acids is 1. The number of nitrogens with zero attached hydrogens (tertiary/aromatic N) is 1. The number of halogens is 3. The SMILES string of the molecule is CC(c1ccc(C(=O)NCCC(=O)O)cc1)c1cc(-c2ccc(OC(F)(F)F)cc2)ccc1-c1cccc(C#N)c1. The van der Waals surface area contributed by atoms with Crippen LogP contribution in [0.3, 0.4) is 0 Å². The Balaban J connectivity index is 1.69. The van der Waals surface area contributed by atoms with Gasteiger partial charge >= 0.3 is 12.3 Å². The molecule has 0 aliphatic rings. The van der Waals surface area contributed by atoms with Crippen molar-refractivity contribution in [2.75, 3.05) is 6.54 Å². The minimum absolute atomic E-state index is 0.0214. The van der Waals surface area contributed by atoms with Gasteiger partial charge in [0.25, 0.3) is 5.91 Å². The molecule has 0 spiro atoms. The molecule has 4 aromatic carbocycles. The monoisotopic (exact) mass is 558 g/mol. The van der Waals surface area contributed by atoms with Gasteiger partial charge in [-0.25, -0.2) is 0 Å². The van der Waals surface area contributed by atoms with Crippen molar-refractivity contribution < 1.29 is 32.6 Å². The number of amides is 1. The number of aliphatic carboxylic acids is 1. The molecule has 9 heteroatoms. The average Bonchev–Trinajstić information content (AvgIpc) is 2.96. The van der Waals surface area contributed by atoms with E-state index >= 15 is 0 Å². The van der Waals surface area contributed by atoms with E-state index in [1.165, 1.54) is 12.1 Å². The third kappa shape index (κ3) is 7.51. The molecule has 2 N–H and O–H groups in total. The number of hydrogen-bond donors (Lipinski definition) is 2. The summed E-state index contributed by atoms with van der Waals surface area (Å²) in [7, 11) is 0. The van der Waals surface area contributed by atoms with Crippen molar-refractivity contribution in [3.8, 4) is 34.1 Å². The number of hydrogen-bond acceptors (Lipinski definition) is 4. The Bertz CT molecular complexity index is 1590. The molecular formula is C32H25F3N2O4. The summed E-state index contributed by atoms with van der Waals surface area (Å²) in [5.74, 6) is -1.86. The summed E-state index contributed by atoms with van der Waals surface area (Å²) in [5, 5.41) is 20.8. The summed E-state index contributed by atoms with van der Waals surface area (Å²) in [6, 6.07) is 27.7. The smallest absolute Gasteiger partial charge is 0.481 e. The molecular weight excluding hydrogens is 533 g/mol. The van der Waals surface area contributed by atoms with Crippen LogP contribution in [0.25, 0.3) is 22.3 Å². The predicted molar refractivity (Wildman–Crippen MR) is 147 cm³/mol. The van der Waals surface area contributed by atoms with Gasteiger partial charge in [0.15, 0.2) is 0 Å². The van der Waals surface area contributed by atoms with Gasteiger partial charge in [-0.15, -0.1) is 13.2 Å². The second kappa shape index (κ2) is 12.4. The van der Waals surface area contributed by atoms with Crippen molar-refractivity contribution in [3.05, 3.63) is 113 Å². The molecule has 208 valence electrons. The highest BCUT2D eigenvalue weighted by Crippen LogP contribution is 2.37. The number of nitriles is 1. The summed E-state index contributed by atoms with van der Waals surface area (Å²) >= 11 is 0. The van der Waals surface area contributed by atoms with E-state index in [1.54, 1.807) is 42.5 Å². The number of rotatable bonds is 9. The van der Waals surface area contributed by atoms with Gasteiger partial charge in [-0.1, -0.05) is 55.5 Å². The lowest BCUT2D eigenvalue weighted by Crippen LogP contribution is -2.25. The summed E-state index contributed by atoms with van der Waals surface area (Å²) in [6.45, 7) is 2.02. The quantitative estimate of drug-likeness (QED) is 0.227. The molecule has 4 aromatic rings. The molecule has 0 saturated heterocycles. The van der Waals surface area contributed by atoms with Crippen LogP contribution in [0.2, 0.25) is 0 Å². The molecule has 0 heterocycles. The molecule has 0 aliphatic carbocycles. The Hall–Kier alpha value is -5.10. The minimum Gasteiger partial charge on any atom is -0.481 e. The Morgan fingerprint density at radius 3 is 2.24 bits per heavy atom. The second-order valence-corrected chi connectivity index (χ2v) is 9.31. The molecule has 1 atom stereocenters. The number of ether oxygens (including phenoxy) is 1. The lowest BCUT2D eigenvalue weighted by atomic mass is 9.84. The summed E-state index contributed by atoms with van der Waals surface area (Å²) in [6.07, 6.45) is -4.95. The van der Waals surface area contributed by atoms with E-state index in [-0.39, 0.29) is 30.5 Å². The first-order chi connectivity index (χ1) is 19.5. The highest BCUT2D eigenvalue weighted by atomic mass is 19.4. The molecule has 4 rings (SSSR count). The zero-order valence-corrected chi connectivity index (χ0v) is 21.9. The fourth-order valence-corrected chi connectivity index (χ4v) is 4.46. The lowest BCUT2D eigenvalue weighted by Gasteiger charge is -2.20. The Labute approximate surface area is 234 Å². The molecule has 0 aliphatic heterocycles. The van der Waals surface area contributed by atoms with Gasteiger partial charge in [-0.3, -0.25) is 9.59 Å². The molecule has 0 aromatic heterocycles. The standard InChI is InChI=1S/C32H25F3N2O4/c1-20(22-5-7-24(8-6-22)31(40)37-16-15-30(38)39)29-18-25(23-9-12-27(13-10-23)41-32(33,34)35)11-14-28(29)26-4-2-3-21(17-26)19-36/h2-14,17-18,20H,15-16H2,1H3,(H,37,40)(H,38,39). The normalized spacial score (nSPS) is 11.8. The first kappa shape index (κ1) is 28.9. The molecule has 1 unspecified atom stereocenters. The van der Waals surface area contributed by atoms with Crippen molar-refractivity contribution >= 4 is 11.9 Å². The zero-order valence-electron chi connectivity index (χ0n) is 21.9. The van der Waals surface area contributed by atoms with E-state index in [2.05, 4.69) is 16.1 Å². The first-order valence-electron chi connectivity index (χ1n) is 12.6. The van der Waals surface area contributed by atoms with Crippen molar-refractivity contribution in [2.24, 2.45) is 0 Å². The minimum atomic E-state index is -4.78. The van der Waals surface area contributed by atoms with Crippen LogP contribution >= 0.6 is 0 Å². The molecule has 0 saturated carbocycles. The third-order valence-corrected chi connectivity index (χ3v) is 6.54. The number of carbonyl (C=O) groups excluding carboxylic acids is 1. The third-order valence-electron chi connectivity index (χ3n) is 6.54. The molecule has 0 bridgehead atoms. The van der Waals surface area contributed by atoms with E-state index in [1.807, 2.05) is 43.3 Å². The number of alkyl halides is 3. The Kier molecular flexibility index (Phi) is 8.73. The summed E-state index contributed by atoms with van der Waals surface area (Å²) in [4.78, 5) is 23.1. The maximum atomic E-state index is 12.6. The Morgan fingerprint density at radius 1 is 0.927 bits per heavy atom. The van der Waals surface area contributed by atoms with E-state index in [4.69, 9.17) is 5.11 Å². The van der Waals surface area contributed by atoms with Crippen molar-refractivity contribution in [3.63, 3.8) is 0 Å². The number of nitrogens with one attached hydrogen (secondary N) is 1. The van der Waals surface area contributed by atoms with Crippen LogP contribution in [0.1, 0.15) is 46.3 Å². The lowest BCUT2D eigenvalue weighted by molar-refractivity contribution is -0.274. The van der Waals surface area contributed by atoms with Gasteiger partial charge in [0.2, 0.25) is 0 Å². The van der Waals surface area contributed by atoms with Gasteiger partial charge in [0.1, 0.15) is 5.75 Å². The summed E-state index contributed by atoms with van der Waals surface area (Å²) in [5.41, 5.74) is 5.89. The Morgan fingerprint density at radius 2 is 1.61 bits per heavy atom. The fraction of sp³-hybridized carbons (Fsp3) is 0.156. The van der Waals surface area contributed by atoms with Crippen LogP contribution in [0.5, 0.6) is 5.75 Å². The van der Waals surface area contributed by atoms with E-state index in [0.29, 0.717) is 16.7 Å². The predicted octanol–water partition coefficient (Wildman–Crippen LogP) is 7.15. The maximum Gasteiger partial charge on any atom is 0.573 e. The van der Waals surface area contributed by atoms with Gasteiger partial charge in [0.05, 0.1) is 18.1 Å². The molecule has 1 amide bonds. The van der Waals surface area contributed by atoms with Gasteiger partial charge in [0, 0.05) is 18.0 Å². The zero-order chi connectivity index (χ0) is 29.6. The largest absolute Gasteiger partial charge is 0.573 e. The average molecular weight is 559 g/mol. The van der Waals surface area contributed by atoms with Crippen LogP contribution in [0.4, 0.5) is 13.2 Å². The molecule has 0 radical (unpaired) electrons. The molecule has 41 heavy (non-hydrogen) atoms. The van der Waals surface area contributed by atoms with Gasteiger partial charge in [-0.2, -0.15) is 5.26 Å². The van der Waals surface area contributed by atoms with Crippen LogP contribution in [0, 0.1) is 11.3 Å². The summed E-state index contributed by atoms with van der Waals surface area (Å²) < 4.78 is 41.8. The maximum absolute atomic E-state index is 12.6. The first-order valence-corrected chi connectivity index (χ1v) is 12.6. The molecule has 6 nitrogen and oxygen atoms in total. The van der Waals surface area contributed by atoms with Crippen LogP contribution in [-0.4, -0.2) is 29.9 Å². The topological polar surface area (TPSA) is 99.4 Å². The van der Waals surface area contributed by atoms with Crippen molar-refractivity contribution in [1.29, 1.82) is 5.26 Å². The van der Waals surface area contributed by atoms with E-state index in [9.17, 15) is 28.0 Å². The number of benzene rings is 4. The van der Waals surface area contributed by atoms with Crippen molar-refractivity contribution in [1.82, 2.24) is 5.32 Å². The number of carboxylic acid groups (broad SMARTS) is 1. The second-order valence-electron chi connectivity index (χ2n) is 9.31. The van der Waals surface area contributed by atoms with E-state index in [0.717, 1.165) is 27.8 Å². The molecule has 0 fully saturated rings. The van der Waals surface area contributed by atoms with Gasteiger partial charge in [-0.05, 0) is 75.8 Å². The fourth-order valence-electron chi connectivity index (χ4n) is 4.46.